The molecule has 4 rings (SSSR count). The number of quaternary nitrogens is 1. The highest BCUT2D eigenvalue weighted by Gasteiger charge is 2.41. The van der Waals surface area contributed by atoms with Crippen molar-refractivity contribution in [1.82, 2.24) is 4.72 Å². The highest BCUT2D eigenvalue weighted by atomic mass is 32.2. The summed E-state index contributed by atoms with van der Waals surface area (Å²) in [7, 11) is -3.62. The van der Waals surface area contributed by atoms with Gasteiger partial charge in [-0.2, -0.15) is 4.72 Å². The summed E-state index contributed by atoms with van der Waals surface area (Å²) in [5.74, 6) is 0. The number of nitrogens with one attached hydrogen (secondary N) is 1. The molecule has 0 saturated carbocycles. The Balaban J connectivity index is 1.82. The third-order valence-electron chi connectivity index (χ3n) is 5.04. The van der Waals surface area contributed by atoms with Crippen LogP contribution in [0.25, 0.3) is 10.8 Å². The molecule has 0 spiro atoms. The van der Waals surface area contributed by atoms with Gasteiger partial charge in [-0.1, -0.05) is 54.6 Å². The molecule has 3 N–H and O–H groups in total. The fourth-order valence-electron chi connectivity index (χ4n) is 4.01. The predicted octanol–water partition coefficient (Wildman–Crippen LogP) is 3.28. The molecule has 0 aliphatic heterocycles. The molecule has 0 fully saturated rings. The van der Waals surface area contributed by atoms with Gasteiger partial charge in [-0.05, 0) is 49.2 Å². The van der Waals surface area contributed by atoms with Crippen LogP contribution in [0.1, 0.15) is 44.0 Å². The lowest BCUT2D eigenvalue weighted by Crippen LogP contribution is -2.95. The van der Waals surface area contributed by atoms with Crippen LogP contribution in [0.4, 0.5) is 0 Å². The summed E-state index contributed by atoms with van der Waals surface area (Å²) in [6.07, 6.45) is 0. The summed E-state index contributed by atoms with van der Waals surface area (Å²) in [6, 6.07) is 20.7. The topological polar surface area (TPSA) is 62.8 Å². The molecule has 4 nitrogen and oxygen atoms in total. The molecule has 0 amide bonds. The lowest BCUT2D eigenvalue weighted by Gasteiger charge is -2.28. The zero-order chi connectivity index (χ0) is 19.2. The van der Waals surface area contributed by atoms with E-state index in [-0.39, 0.29) is 17.6 Å². The molecule has 0 aromatic heterocycles. The van der Waals surface area contributed by atoms with Crippen molar-refractivity contribution in [2.24, 2.45) is 0 Å². The first-order valence-electron chi connectivity index (χ1n) is 9.21. The van der Waals surface area contributed by atoms with Gasteiger partial charge in [0.25, 0.3) is 0 Å². The molecule has 3 aromatic rings. The van der Waals surface area contributed by atoms with Gasteiger partial charge < -0.3 is 5.32 Å². The van der Waals surface area contributed by atoms with E-state index in [1.807, 2.05) is 18.2 Å². The number of nitrogens with two attached hydrogens (primary N) is 1. The highest BCUT2D eigenvalue weighted by Crippen LogP contribution is 2.43. The van der Waals surface area contributed by atoms with Crippen LogP contribution in [-0.2, 0) is 10.0 Å². The van der Waals surface area contributed by atoms with Crippen molar-refractivity contribution < 1.29 is 13.7 Å². The summed E-state index contributed by atoms with van der Waals surface area (Å²) >= 11 is 0. The minimum absolute atomic E-state index is 0.00964. The first kappa shape index (κ1) is 18.2. The minimum Gasteiger partial charge on any atom is -0.334 e. The van der Waals surface area contributed by atoms with Crippen LogP contribution in [0.5, 0.6) is 0 Å². The monoisotopic (exact) mass is 381 g/mol. The molecule has 3 aromatic carbocycles. The van der Waals surface area contributed by atoms with Crippen LogP contribution in [0, 0.1) is 0 Å². The lowest BCUT2D eigenvalue weighted by atomic mass is 10.0. The summed E-state index contributed by atoms with van der Waals surface area (Å²) in [6.45, 7) is 6.45. The van der Waals surface area contributed by atoms with Crippen LogP contribution in [0.3, 0.4) is 0 Å². The molecule has 2 atom stereocenters. The molecule has 0 radical (unpaired) electrons. The van der Waals surface area contributed by atoms with Gasteiger partial charge in [0.05, 0.1) is 10.4 Å². The van der Waals surface area contributed by atoms with E-state index in [0.29, 0.717) is 4.90 Å². The third-order valence-corrected chi connectivity index (χ3v) is 6.49. The second-order valence-corrected chi connectivity index (χ2v) is 9.98. The fourth-order valence-corrected chi connectivity index (χ4v) is 5.27. The van der Waals surface area contributed by atoms with Crippen LogP contribution in [-0.4, -0.2) is 14.0 Å². The molecule has 1 aliphatic rings. The SMILES string of the molecule is CC(C)(C)[NH2+][C@H]1c2cccc3cccc(c23)[C@@H]1NS(=O)(=O)c1ccccc1. The molecule has 0 unspecified atom stereocenters. The molecule has 27 heavy (non-hydrogen) atoms. The van der Waals surface area contributed by atoms with Gasteiger partial charge >= 0.3 is 0 Å². The van der Waals surface area contributed by atoms with Gasteiger partial charge in [0.15, 0.2) is 0 Å². The van der Waals surface area contributed by atoms with Crippen molar-refractivity contribution in [2.75, 3.05) is 0 Å². The zero-order valence-corrected chi connectivity index (χ0v) is 16.6. The predicted molar refractivity (Wildman–Crippen MR) is 108 cm³/mol. The maximum absolute atomic E-state index is 13.0. The van der Waals surface area contributed by atoms with Crippen molar-refractivity contribution >= 4 is 20.8 Å². The van der Waals surface area contributed by atoms with E-state index in [0.717, 1.165) is 10.9 Å². The van der Waals surface area contributed by atoms with Gasteiger partial charge in [-0.25, -0.2) is 8.42 Å². The van der Waals surface area contributed by atoms with Crippen LogP contribution in [0.15, 0.2) is 71.6 Å². The van der Waals surface area contributed by atoms with Crippen molar-refractivity contribution in [3.05, 3.63) is 77.9 Å². The van der Waals surface area contributed by atoms with Crippen molar-refractivity contribution in [3.63, 3.8) is 0 Å². The maximum atomic E-state index is 13.0. The largest absolute Gasteiger partial charge is 0.334 e. The Kier molecular flexibility index (Phi) is 4.34. The molecule has 0 saturated heterocycles. The van der Waals surface area contributed by atoms with E-state index in [1.165, 1.54) is 10.9 Å². The second kappa shape index (κ2) is 6.44. The Morgan fingerprint density at radius 1 is 0.852 bits per heavy atom. The number of hydrogen-bond donors (Lipinski definition) is 2. The Bertz CT molecular complexity index is 1080. The van der Waals surface area contributed by atoms with E-state index >= 15 is 0 Å². The van der Waals surface area contributed by atoms with Gasteiger partial charge in [0.1, 0.15) is 12.1 Å². The first-order valence-corrected chi connectivity index (χ1v) is 10.7. The fraction of sp³-hybridized carbons (Fsp3) is 0.273. The Labute approximate surface area is 160 Å². The van der Waals surface area contributed by atoms with Crippen molar-refractivity contribution in [1.29, 1.82) is 0 Å². The third kappa shape index (κ3) is 3.38. The van der Waals surface area contributed by atoms with Crippen LogP contribution >= 0.6 is 0 Å². The molecular formula is C22H25N2O2S+. The van der Waals surface area contributed by atoms with E-state index in [4.69, 9.17) is 0 Å². The standard InChI is InChI=1S/C22H24N2O2S/c1-22(2,3)23-20-17-13-7-9-15-10-8-14-18(19(15)17)21(20)24-27(25,26)16-11-5-4-6-12-16/h4-14,20-21,23-24H,1-3H3/p+1/t20-,21-/m0/s1. The molecular weight excluding hydrogens is 356 g/mol. The van der Waals surface area contributed by atoms with Crippen LogP contribution < -0.4 is 10.0 Å². The van der Waals surface area contributed by atoms with Gasteiger partial charge in [0.2, 0.25) is 10.0 Å². The zero-order valence-electron chi connectivity index (χ0n) is 15.8. The van der Waals surface area contributed by atoms with Gasteiger partial charge in [-0.3, -0.25) is 0 Å². The maximum Gasteiger partial charge on any atom is 0.241 e. The number of hydrogen-bond acceptors (Lipinski definition) is 2. The average molecular weight is 382 g/mol. The molecule has 0 bridgehead atoms. The Morgan fingerprint density at radius 3 is 2.11 bits per heavy atom. The van der Waals surface area contributed by atoms with Crippen molar-refractivity contribution in [3.8, 4) is 0 Å². The summed E-state index contributed by atoms with van der Waals surface area (Å²) in [5.41, 5.74) is 2.21. The summed E-state index contributed by atoms with van der Waals surface area (Å²) < 4.78 is 29.1. The smallest absolute Gasteiger partial charge is 0.241 e. The molecule has 140 valence electrons. The average Bonchev–Trinajstić information content (AvgIpc) is 2.90. The van der Waals surface area contributed by atoms with E-state index < -0.39 is 10.0 Å². The first-order chi connectivity index (χ1) is 12.8. The highest BCUT2D eigenvalue weighted by molar-refractivity contribution is 7.89. The quantitative estimate of drug-likeness (QED) is 0.729. The Morgan fingerprint density at radius 2 is 1.48 bits per heavy atom. The van der Waals surface area contributed by atoms with E-state index in [9.17, 15) is 8.42 Å². The van der Waals surface area contributed by atoms with E-state index in [1.54, 1.807) is 24.3 Å². The second-order valence-electron chi connectivity index (χ2n) is 8.26. The summed E-state index contributed by atoms with van der Waals surface area (Å²) in [4.78, 5) is 0.294. The summed E-state index contributed by atoms with van der Waals surface area (Å²) in [5, 5.41) is 4.59. The number of sulfonamides is 1. The normalized spacial score (nSPS) is 19.5. The van der Waals surface area contributed by atoms with E-state index in [2.05, 4.69) is 55.1 Å². The molecule has 0 heterocycles. The minimum atomic E-state index is -3.62. The van der Waals surface area contributed by atoms with Crippen molar-refractivity contribution in [2.45, 2.75) is 43.3 Å². The van der Waals surface area contributed by atoms with Gasteiger partial charge in [-0.15, -0.1) is 0 Å². The van der Waals surface area contributed by atoms with Crippen LogP contribution in [0.2, 0.25) is 0 Å². The number of rotatable bonds is 4. The lowest BCUT2D eigenvalue weighted by molar-refractivity contribution is -0.756. The number of benzene rings is 3. The van der Waals surface area contributed by atoms with Gasteiger partial charge in [0, 0.05) is 5.56 Å². The Hall–Kier alpha value is -2.21. The molecule has 5 heteroatoms. The molecule has 1 aliphatic carbocycles.